The maximum Gasteiger partial charge on any atom is 0.147 e. The summed E-state index contributed by atoms with van der Waals surface area (Å²) < 4.78 is 7.23. The number of halogens is 2. The summed E-state index contributed by atoms with van der Waals surface area (Å²) in [4.78, 5) is 0. The smallest absolute Gasteiger partial charge is 0.147 e. The van der Waals surface area contributed by atoms with Gasteiger partial charge >= 0.3 is 0 Å². The number of methoxy groups -OCH3 is 1. The lowest BCUT2D eigenvalue weighted by Crippen LogP contribution is -2.27. The van der Waals surface area contributed by atoms with Crippen LogP contribution < -0.4 is 10.1 Å². The van der Waals surface area contributed by atoms with E-state index in [1.54, 1.807) is 7.11 Å². The van der Waals surface area contributed by atoms with E-state index in [1.165, 1.54) is 5.56 Å². The zero-order valence-corrected chi connectivity index (χ0v) is 14.2. The van der Waals surface area contributed by atoms with Crippen molar-refractivity contribution in [2.24, 2.45) is 0 Å². The fourth-order valence-corrected chi connectivity index (χ4v) is 3.73. The van der Waals surface area contributed by atoms with Crippen LogP contribution in [0.5, 0.6) is 5.75 Å². The number of benzene rings is 1. The van der Waals surface area contributed by atoms with Crippen LogP contribution in [0, 0.1) is 0 Å². The molecule has 1 aromatic carbocycles. The van der Waals surface area contributed by atoms with Crippen molar-refractivity contribution in [2.75, 3.05) is 19.1 Å². The predicted octanol–water partition coefficient (Wildman–Crippen LogP) is 4.06. The summed E-state index contributed by atoms with van der Waals surface area (Å²) in [7, 11) is 1.67. The molecule has 1 aromatic rings. The molecule has 1 rings (SSSR count). The molecule has 0 heterocycles. The highest BCUT2D eigenvalue weighted by Crippen LogP contribution is 2.34. The fourth-order valence-electron chi connectivity index (χ4n) is 1.51. The van der Waals surface area contributed by atoms with Gasteiger partial charge in [-0.1, -0.05) is 0 Å². The van der Waals surface area contributed by atoms with E-state index in [1.807, 2.05) is 11.8 Å². The minimum absolute atomic E-state index is 0.518. The first-order valence-electron chi connectivity index (χ1n) is 5.32. The van der Waals surface area contributed by atoms with Crippen LogP contribution in [0.2, 0.25) is 0 Å². The number of rotatable bonds is 6. The molecule has 5 heteroatoms. The first-order chi connectivity index (χ1) is 8.08. The van der Waals surface area contributed by atoms with Gasteiger partial charge in [0.25, 0.3) is 0 Å². The number of thioether (sulfide) groups is 1. The van der Waals surface area contributed by atoms with E-state index in [-0.39, 0.29) is 0 Å². The molecule has 17 heavy (non-hydrogen) atoms. The van der Waals surface area contributed by atoms with E-state index in [0.29, 0.717) is 6.04 Å². The van der Waals surface area contributed by atoms with Gasteiger partial charge in [0, 0.05) is 18.3 Å². The Morgan fingerprint density at radius 2 is 1.94 bits per heavy atom. The van der Waals surface area contributed by atoms with Crippen LogP contribution in [0.15, 0.2) is 21.1 Å². The molecule has 1 unspecified atom stereocenters. The molecular weight excluding hydrogens is 366 g/mol. The highest BCUT2D eigenvalue weighted by Gasteiger charge is 2.08. The van der Waals surface area contributed by atoms with Crippen LogP contribution in [-0.4, -0.2) is 25.2 Å². The Labute approximate surface area is 124 Å². The van der Waals surface area contributed by atoms with Crippen LogP contribution in [0.3, 0.4) is 0 Å². The summed E-state index contributed by atoms with van der Waals surface area (Å²) >= 11 is 8.87. The Balaban J connectivity index is 2.67. The van der Waals surface area contributed by atoms with E-state index in [4.69, 9.17) is 4.74 Å². The van der Waals surface area contributed by atoms with E-state index in [9.17, 15) is 0 Å². The van der Waals surface area contributed by atoms with Gasteiger partial charge in [-0.3, -0.25) is 0 Å². The number of hydrogen-bond acceptors (Lipinski definition) is 3. The van der Waals surface area contributed by atoms with E-state index >= 15 is 0 Å². The molecule has 0 amide bonds. The van der Waals surface area contributed by atoms with Crippen molar-refractivity contribution in [2.45, 2.75) is 19.5 Å². The number of hydrogen-bond donors (Lipinski definition) is 1. The van der Waals surface area contributed by atoms with Gasteiger partial charge in [-0.05, 0) is 62.7 Å². The summed E-state index contributed by atoms with van der Waals surface area (Å²) in [6.07, 6.45) is 2.12. The zero-order valence-electron chi connectivity index (χ0n) is 10.2. The van der Waals surface area contributed by atoms with E-state index < -0.39 is 0 Å². The molecule has 0 aliphatic rings. The van der Waals surface area contributed by atoms with Crippen LogP contribution in [0.4, 0.5) is 0 Å². The molecule has 0 saturated heterocycles. The van der Waals surface area contributed by atoms with Crippen LogP contribution in [-0.2, 0) is 6.54 Å². The SMILES string of the molecule is COc1c(Br)cc(CNC(C)CSC)cc1Br. The Bertz CT molecular complexity index is 351. The standard InChI is InChI=1S/C12H17Br2NOS/c1-8(7-17-3)15-6-9-4-10(13)12(16-2)11(14)5-9/h4-5,8,15H,6-7H2,1-3H3. The third kappa shape index (κ3) is 4.81. The van der Waals surface area contributed by atoms with Gasteiger partial charge in [-0.15, -0.1) is 0 Å². The maximum absolute atomic E-state index is 5.28. The first-order valence-corrected chi connectivity index (χ1v) is 8.30. The zero-order chi connectivity index (χ0) is 12.8. The summed E-state index contributed by atoms with van der Waals surface area (Å²) in [6.45, 7) is 3.06. The van der Waals surface area contributed by atoms with Crippen molar-refractivity contribution in [3.8, 4) is 5.75 Å². The lowest BCUT2D eigenvalue weighted by molar-refractivity contribution is 0.409. The predicted molar refractivity (Wildman–Crippen MR) is 83.1 cm³/mol. The minimum atomic E-state index is 0.518. The second-order valence-electron chi connectivity index (χ2n) is 3.83. The third-order valence-electron chi connectivity index (χ3n) is 2.33. The Hall–Kier alpha value is 0.290. The van der Waals surface area contributed by atoms with Gasteiger partial charge in [0.2, 0.25) is 0 Å². The van der Waals surface area contributed by atoms with Crippen LogP contribution in [0.1, 0.15) is 12.5 Å². The lowest BCUT2D eigenvalue weighted by atomic mass is 10.2. The van der Waals surface area contributed by atoms with Gasteiger partial charge in [0.05, 0.1) is 16.1 Å². The lowest BCUT2D eigenvalue weighted by Gasteiger charge is -2.14. The molecule has 0 aromatic heterocycles. The van der Waals surface area contributed by atoms with Crippen molar-refractivity contribution < 1.29 is 4.74 Å². The number of ether oxygens (including phenoxy) is 1. The largest absolute Gasteiger partial charge is 0.494 e. The first kappa shape index (κ1) is 15.3. The van der Waals surface area contributed by atoms with Crippen molar-refractivity contribution in [1.82, 2.24) is 5.32 Å². The molecule has 2 nitrogen and oxygen atoms in total. The van der Waals surface area contributed by atoms with Crippen molar-refractivity contribution in [3.63, 3.8) is 0 Å². The summed E-state index contributed by atoms with van der Waals surface area (Å²) in [6, 6.07) is 4.69. The molecule has 0 saturated carbocycles. The van der Waals surface area contributed by atoms with Crippen molar-refractivity contribution >= 4 is 43.6 Å². The molecular formula is C12H17Br2NOS. The Morgan fingerprint density at radius 1 is 1.35 bits per heavy atom. The molecule has 0 aliphatic heterocycles. The molecule has 1 atom stereocenters. The summed E-state index contributed by atoms with van der Waals surface area (Å²) in [5.41, 5.74) is 1.23. The highest BCUT2D eigenvalue weighted by molar-refractivity contribution is 9.11. The molecule has 0 aliphatic carbocycles. The molecule has 0 fully saturated rings. The number of nitrogens with one attached hydrogen (secondary N) is 1. The fraction of sp³-hybridized carbons (Fsp3) is 0.500. The van der Waals surface area contributed by atoms with Gasteiger partial charge in [0.1, 0.15) is 5.75 Å². The van der Waals surface area contributed by atoms with E-state index in [2.05, 4.69) is 62.5 Å². The van der Waals surface area contributed by atoms with Gasteiger partial charge in [-0.25, -0.2) is 0 Å². The molecule has 0 radical (unpaired) electrons. The average Bonchev–Trinajstić information content (AvgIpc) is 2.26. The Kier molecular flexibility index (Phi) is 6.92. The topological polar surface area (TPSA) is 21.3 Å². The molecule has 0 spiro atoms. The summed E-state index contributed by atoms with van der Waals surface area (Å²) in [5, 5.41) is 3.49. The van der Waals surface area contributed by atoms with Crippen molar-refractivity contribution in [3.05, 3.63) is 26.6 Å². The van der Waals surface area contributed by atoms with Crippen LogP contribution in [0.25, 0.3) is 0 Å². The Morgan fingerprint density at radius 3 is 2.41 bits per heavy atom. The van der Waals surface area contributed by atoms with Gasteiger partial charge < -0.3 is 10.1 Å². The minimum Gasteiger partial charge on any atom is -0.494 e. The van der Waals surface area contributed by atoms with E-state index in [0.717, 1.165) is 27.0 Å². The van der Waals surface area contributed by atoms with Crippen LogP contribution >= 0.6 is 43.6 Å². The second kappa shape index (κ2) is 7.67. The monoisotopic (exact) mass is 381 g/mol. The summed E-state index contributed by atoms with van der Waals surface area (Å²) in [5.74, 6) is 1.96. The third-order valence-corrected chi connectivity index (χ3v) is 4.34. The van der Waals surface area contributed by atoms with Gasteiger partial charge in [0.15, 0.2) is 0 Å². The molecule has 96 valence electrons. The highest BCUT2D eigenvalue weighted by atomic mass is 79.9. The van der Waals surface area contributed by atoms with Crippen molar-refractivity contribution in [1.29, 1.82) is 0 Å². The second-order valence-corrected chi connectivity index (χ2v) is 6.45. The maximum atomic E-state index is 5.28. The quantitative estimate of drug-likeness (QED) is 0.801. The molecule has 1 N–H and O–H groups in total. The molecule has 0 bridgehead atoms. The average molecular weight is 383 g/mol. The normalized spacial score (nSPS) is 12.5. The van der Waals surface area contributed by atoms with Gasteiger partial charge in [-0.2, -0.15) is 11.8 Å².